The van der Waals surface area contributed by atoms with Crippen LogP contribution in [0.4, 0.5) is 17.6 Å². The third kappa shape index (κ3) is 9.77. The van der Waals surface area contributed by atoms with Gasteiger partial charge in [0, 0.05) is 31.3 Å². The highest BCUT2D eigenvalue weighted by Crippen LogP contribution is 2.34. The molecular weight excluding hydrogens is 556 g/mol. The number of aryl methyl sites for hydroxylation is 1. The Balaban J connectivity index is 0.000000788. The molecule has 3 N–H and O–H groups in total. The number of alkyl halides is 3. The molecule has 3 aromatic rings. The molecule has 1 aliphatic rings. The Kier molecular flexibility index (Phi) is 14.6. The van der Waals surface area contributed by atoms with Gasteiger partial charge in [0.2, 0.25) is 6.41 Å². The van der Waals surface area contributed by atoms with Crippen molar-refractivity contribution in [2.45, 2.75) is 31.7 Å². The first-order chi connectivity index (χ1) is 19.0. The van der Waals surface area contributed by atoms with Crippen molar-refractivity contribution < 1.29 is 41.7 Å². The van der Waals surface area contributed by atoms with E-state index < -0.39 is 18.1 Å². The number of nitrogens with zero attached hydrogens (tertiary/aromatic N) is 3. The minimum atomic E-state index is -4.79. The molecule has 1 aromatic carbocycles. The highest BCUT2D eigenvalue weighted by Gasteiger charge is 2.39. The summed E-state index contributed by atoms with van der Waals surface area (Å²) in [5.41, 5.74) is 6.07. The van der Waals surface area contributed by atoms with Crippen molar-refractivity contribution in [3.8, 4) is 11.3 Å². The molecule has 40 heavy (non-hydrogen) atoms. The number of aliphatic hydroxyl groups excluding tert-OH is 1. The van der Waals surface area contributed by atoms with E-state index in [1.807, 2.05) is 7.05 Å². The molecule has 9 nitrogen and oxygen atoms in total. The summed E-state index contributed by atoms with van der Waals surface area (Å²) in [5, 5.41) is 9.63. The standard InChI is InChI=1S/C22H23F4N3O2.C2H4O2.CH3NO.CH4S/c1-13-3-4-16(17(23)9-13)20-18(11-15-12-28(2)7-8-31-15)29-6-5-14(10-19(29)27-20)21(30)22(24,25)26;1-4-2-3;2-1-3;1-2/h3-6,9-10,15,21,30H,7-8,11-12H2,1-2H3;2H,1H3;1H,(H2,2,3);2H,1H3. The minimum absolute atomic E-state index is 0.161. The molecule has 1 saturated heterocycles. The fraction of sp³-hybridized carbons (Fsp3) is 0.423. The molecule has 2 atom stereocenters. The van der Waals surface area contributed by atoms with E-state index >= 15 is 0 Å². The molecule has 1 aliphatic heterocycles. The smallest absolute Gasteiger partial charge is 0.418 e. The van der Waals surface area contributed by atoms with Crippen LogP contribution in [-0.4, -0.2) is 84.7 Å². The molecule has 2 unspecified atom stereocenters. The third-order valence-corrected chi connectivity index (χ3v) is 5.61. The Hall–Kier alpha value is -3.20. The molecule has 0 aliphatic carbocycles. The number of likely N-dealkylation sites (N-methyl/N-ethyl adjacent to an activating group) is 1. The number of aromatic nitrogens is 2. The number of primary amides is 1. The van der Waals surface area contributed by atoms with Gasteiger partial charge in [-0.25, -0.2) is 9.37 Å². The van der Waals surface area contributed by atoms with Crippen molar-refractivity contribution >= 4 is 31.2 Å². The topological polar surface area (TPSA) is 119 Å². The van der Waals surface area contributed by atoms with E-state index in [1.54, 1.807) is 29.7 Å². The number of amides is 1. The number of nitrogens with two attached hydrogens (primary N) is 1. The number of thiol groups is 1. The fourth-order valence-corrected chi connectivity index (χ4v) is 3.90. The van der Waals surface area contributed by atoms with Crippen LogP contribution in [0.1, 0.15) is 22.9 Å². The molecule has 222 valence electrons. The van der Waals surface area contributed by atoms with Crippen LogP contribution in [0.2, 0.25) is 0 Å². The average Bonchev–Trinajstić information content (AvgIpc) is 3.26. The van der Waals surface area contributed by atoms with Crippen molar-refractivity contribution in [3.05, 3.63) is 59.2 Å². The molecule has 0 saturated carbocycles. The van der Waals surface area contributed by atoms with Gasteiger partial charge in [-0.15, -0.1) is 0 Å². The Morgan fingerprint density at radius 2 is 1.90 bits per heavy atom. The molecule has 0 spiro atoms. The quantitative estimate of drug-likeness (QED) is 0.237. The summed E-state index contributed by atoms with van der Waals surface area (Å²) in [5.74, 6) is -0.457. The molecule has 1 fully saturated rings. The second-order valence-electron chi connectivity index (χ2n) is 8.45. The number of carbonyl (C=O) groups is 2. The molecular formula is C26H34F4N4O5S. The van der Waals surface area contributed by atoms with E-state index in [2.05, 4.69) is 33.0 Å². The molecule has 2 aromatic heterocycles. The second kappa shape index (κ2) is 16.8. The maximum Gasteiger partial charge on any atom is 0.418 e. The van der Waals surface area contributed by atoms with Crippen LogP contribution in [0.25, 0.3) is 16.9 Å². The number of hydrogen-bond acceptors (Lipinski definition) is 8. The van der Waals surface area contributed by atoms with Crippen LogP contribution >= 0.6 is 12.6 Å². The van der Waals surface area contributed by atoms with Crippen LogP contribution in [0.5, 0.6) is 0 Å². The summed E-state index contributed by atoms with van der Waals surface area (Å²) in [4.78, 5) is 24.1. The van der Waals surface area contributed by atoms with E-state index in [-0.39, 0.29) is 29.3 Å². The maximum atomic E-state index is 14.8. The maximum absolute atomic E-state index is 14.8. The van der Waals surface area contributed by atoms with Gasteiger partial charge >= 0.3 is 6.18 Å². The predicted molar refractivity (Wildman–Crippen MR) is 146 cm³/mol. The summed E-state index contributed by atoms with van der Waals surface area (Å²) in [6.45, 7) is 4.19. The average molecular weight is 591 g/mol. The first kappa shape index (κ1) is 34.8. The number of methoxy groups -OCH3 is 1. The Morgan fingerprint density at radius 1 is 1.27 bits per heavy atom. The lowest BCUT2D eigenvalue weighted by atomic mass is 10.0. The van der Waals surface area contributed by atoms with E-state index in [1.165, 1.54) is 31.5 Å². The van der Waals surface area contributed by atoms with E-state index in [9.17, 15) is 22.7 Å². The number of imidazole rings is 1. The summed E-state index contributed by atoms with van der Waals surface area (Å²) >= 11 is 3.53. The molecule has 1 amide bonds. The number of halogens is 4. The van der Waals surface area contributed by atoms with Crippen LogP contribution in [0, 0.1) is 12.7 Å². The zero-order valence-corrected chi connectivity index (χ0v) is 23.5. The number of aliphatic hydroxyl groups is 1. The van der Waals surface area contributed by atoms with Crippen molar-refractivity contribution in [2.24, 2.45) is 5.73 Å². The van der Waals surface area contributed by atoms with Crippen molar-refractivity contribution in [3.63, 3.8) is 0 Å². The van der Waals surface area contributed by atoms with Gasteiger partial charge in [-0.1, -0.05) is 6.07 Å². The second-order valence-corrected chi connectivity index (χ2v) is 8.45. The lowest BCUT2D eigenvalue weighted by Gasteiger charge is -2.30. The van der Waals surface area contributed by atoms with E-state index in [4.69, 9.17) is 14.3 Å². The van der Waals surface area contributed by atoms with Gasteiger partial charge in [-0.3, -0.25) is 9.59 Å². The molecule has 0 bridgehead atoms. The lowest BCUT2D eigenvalue weighted by Crippen LogP contribution is -2.41. The zero-order chi connectivity index (χ0) is 30.5. The number of rotatable bonds is 5. The molecule has 14 heteroatoms. The first-order valence-corrected chi connectivity index (χ1v) is 12.7. The SMILES string of the molecule is COC=O.CS.Cc1ccc(-c2nc3cc(C(O)C(F)(F)F)ccn3c2CC2CN(C)CCO2)c(F)c1.NC=O. The van der Waals surface area contributed by atoms with Gasteiger partial charge in [-0.05, 0) is 55.6 Å². The van der Waals surface area contributed by atoms with Crippen molar-refractivity contribution in [2.75, 3.05) is 40.1 Å². The predicted octanol–water partition coefficient (Wildman–Crippen LogP) is 3.35. The normalized spacial score (nSPS) is 15.8. The number of pyridine rings is 1. The van der Waals surface area contributed by atoms with Crippen LogP contribution in [-0.2, 0) is 25.5 Å². The summed E-state index contributed by atoms with van der Waals surface area (Å²) in [7, 11) is 3.29. The number of hydrogen-bond donors (Lipinski definition) is 3. The Labute approximate surface area is 235 Å². The van der Waals surface area contributed by atoms with Crippen molar-refractivity contribution in [1.82, 2.24) is 14.3 Å². The van der Waals surface area contributed by atoms with Crippen LogP contribution in [0.15, 0.2) is 36.5 Å². The van der Waals surface area contributed by atoms with E-state index in [0.29, 0.717) is 37.4 Å². The monoisotopic (exact) mass is 590 g/mol. The van der Waals surface area contributed by atoms with Gasteiger partial charge in [0.15, 0.2) is 6.10 Å². The van der Waals surface area contributed by atoms with Gasteiger partial charge in [-0.2, -0.15) is 25.8 Å². The van der Waals surface area contributed by atoms with E-state index in [0.717, 1.165) is 12.1 Å². The van der Waals surface area contributed by atoms with Gasteiger partial charge < -0.3 is 29.6 Å². The van der Waals surface area contributed by atoms with Crippen molar-refractivity contribution in [1.29, 1.82) is 0 Å². The minimum Gasteiger partial charge on any atom is -0.471 e. The Bertz CT molecular complexity index is 1230. The highest BCUT2D eigenvalue weighted by molar-refractivity contribution is 7.79. The number of ether oxygens (including phenoxy) is 2. The fourth-order valence-electron chi connectivity index (χ4n) is 3.90. The third-order valence-electron chi connectivity index (χ3n) is 5.61. The van der Waals surface area contributed by atoms with Crippen LogP contribution in [0.3, 0.4) is 0 Å². The molecule has 3 heterocycles. The van der Waals surface area contributed by atoms with Crippen LogP contribution < -0.4 is 5.73 Å². The number of fused-ring (bicyclic) bond motifs is 1. The Morgan fingerprint density at radius 3 is 2.42 bits per heavy atom. The summed E-state index contributed by atoms with van der Waals surface area (Å²) < 4.78 is 65.0. The molecule has 4 rings (SSSR count). The van der Waals surface area contributed by atoms with Gasteiger partial charge in [0.25, 0.3) is 6.47 Å². The highest BCUT2D eigenvalue weighted by atomic mass is 32.1. The lowest BCUT2D eigenvalue weighted by molar-refractivity contribution is -0.206. The van der Waals surface area contributed by atoms with Gasteiger partial charge in [0.05, 0.1) is 31.2 Å². The summed E-state index contributed by atoms with van der Waals surface area (Å²) in [6.07, 6.45) is -3.78. The summed E-state index contributed by atoms with van der Waals surface area (Å²) in [6, 6.07) is 7.17. The largest absolute Gasteiger partial charge is 0.471 e. The first-order valence-electron chi connectivity index (χ1n) is 11.9. The number of carbonyl (C=O) groups excluding carboxylic acids is 2. The number of benzene rings is 1. The molecule has 0 radical (unpaired) electrons. The van der Waals surface area contributed by atoms with Gasteiger partial charge in [0.1, 0.15) is 11.5 Å². The number of morpholine rings is 1. The zero-order valence-electron chi connectivity index (χ0n) is 22.6.